The van der Waals surface area contributed by atoms with Gasteiger partial charge in [-0.1, -0.05) is 12.1 Å². The molecule has 1 atom stereocenters. The Bertz CT molecular complexity index is 556. The van der Waals surface area contributed by atoms with E-state index in [1.165, 1.54) is 11.1 Å². The lowest BCUT2D eigenvalue weighted by molar-refractivity contribution is 0.104. The number of methoxy groups -OCH3 is 1. The second-order valence-corrected chi connectivity index (χ2v) is 5.57. The molecule has 1 heterocycles. The predicted octanol–water partition coefficient (Wildman–Crippen LogP) is 2.59. The van der Waals surface area contributed by atoms with E-state index in [1.54, 1.807) is 18.4 Å². The Morgan fingerprint density at radius 2 is 2.00 bits per heavy atom. The highest BCUT2D eigenvalue weighted by molar-refractivity contribution is 7.08. The predicted molar refractivity (Wildman–Crippen MR) is 85.3 cm³/mol. The molecule has 0 bridgehead atoms. The van der Waals surface area contributed by atoms with Crippen LogP contribution in [0.25, 0.3) is 0 Å². The monoisotopic (exact) mass is 307 g/mol. The van der Waals surface area contributed by atoms with Gasteiger partial charge in [0, 0.05) is 13.1 Å². The van der Waals surface area contributed by atoms with Crippen LogP contribution in [-0.2, 0) is 6.54 Å². The number of hydrogen-bond acceptors (Lipinski definition) is 5. The normalized spacial score (nSPS) is 12.1. The molecule has 0 aliphatic carbocycles. The van der Waals surface area contributed by atoms with E-state index in [-0.39, 0.29) is 6.61 Å². The standard InChI is InChI=1S/C16H21NO3S/c1-12-10-21-11-13(12)7-17-8-14(18)9-20-16-6-4-3-5-15(16)19-2/h3-6,10-11,14,17-18H,7-9H2,1-2H3. The molecule has 1 unspecified atom stereocenters. The molecule has 0 saturated carbocycles. The molecule has 0 fully saturated rings. The van der Waals surface area contributed by atoms with Crippen molar-refractivity contribution < 1.29 is 14.6 Å². The maximum atomic E-state index is 9.95. The Labute approximate surface area is 129 Å². The molecule has 114 valence electrons. The van der Waals surface area contributed by atoms with E-state index in [2.05, 4.69) is 23.0 Å². The molecule has 0 amide bonds. The van der Waals surface area contributed by atoms with Crippen molar-refractivity contribution in [3.05, 3.63) is 46.2 Å². The Morgan fingerprint density at radius 1 is 1.24 bits per heavy atom. The molecule has 2 N–H and O–H groups in total. The topological polar surface area (TPSA) is 50.7 Å². The highest BCUT2D eigenvalue weighted by atomic mass is 32.1. The highest BCUT2D eigenvalue weighted by Gasteiger charge is 2.08. The zero-order chi connectivity index (χ0) is 15.1. The second kappa shape index (κ2) is 8.02. The number of para-hydroxylation sites is 2. The first kappa shape index (κ1) is 15.8. The highest BCUT2D eigenvalue weighted by Crippen LogP contribution is 2.25. The van der Waals surface area contributed by atoms with Gasteiger partial charge in [-0.05, 0) is 40.9 Å². The first-order valence-corrected chi connectivity index (χ1v) is 7.81. The van der Waals surface area contributed by atoms with E-state index in [9.17, 15) is 5.11 Å². The number of thiophene rings is 1. The van der Waals surface area contributed by atoms with Crippen molar-refractivity contribution in [3.8, 4) is 11.5 Å². The molecule has 4 nitrogen and oxygen atoms in total. The molecule has 2 rings (SSSR count). The van der Waals surface area contributed by atoms with Crippen LogP contribution in [0.15, 0.2) is 35.0 Å². The van der Waals surface area contributed by atoms with Gasteiger partial charge in [0.05, 0.1) is 7.11 Å². The molecular weight excluding hydrogens is 286 g/mol. The second-order valence-electron chi connectivity index (χ2n) is 4.83. The van der Waals surface area contributed by atoms with Gasteiger partial charge in [-0.2, -0.15) is 11.3 Å². The molecule has 1 aromatic carbocycles. The van der Waals surface area contributed by atoms with E-state index in [4.69, 9.17) is 9.47 Å². The number of ether oxygens (including phenoxy) is 2. The minimum atomic E-state index is -0.561. The molecule has 0 radical (unpaired) electrons. The Balaban J connectivity index is 1.72. The van der Waals surface area contributed by atoms with Crippen molar-refractivity contribution in [3.63, 3.8) is 0 Å². The van der Waals surface area contributed by atoms with Crippen molar-refractivity contribution >= 4 is 11.3 Å². The van der Waals surface area contributed by atoms with Gasteiger partial charge in [-0.15, -0.1) is 0 Å². The maximum Gasteiger partial charge on any atom is 0.161 e. The van der Waals surface area contributed by atoms with Gasteiger partial charge in [0.25, 0.3) is 0 Å². The lowest BCUT2D eigenvalue weighted by atomic mass is 10.2. The van der Waals surface area contributed by atoms with Crippen LogP contribution in [0.4, 0.5) is 0 Å². The lowest BCUT2D eigenvalue weighted by Crippen LogP contribution is -2.31. The van der Waals surface area contributed by atoms with Gasteiger partial charge < -0.3 is 19.9 Å². The number of benzene rings is 1. The van der Waals surface area contributed by atoms with Crippen molar-refractivity contribution in [2.75, 3.05) is 20.3 Å². The summed E-state index contributed by atoms with van der Waals surface area (Å²) >= 11 is 1.70. The molecular formula is C16H21NO3S. The Hall–Kier alpha value is -1.56. The third-order valence-corrected chi connectivity index (χ3v) is 4.07. The summed E-state index contributed by atoms with van der Waals surface area (Å²) in [7, 11) is 1.60. The van der Waals surface area contributed by atoms with E-state index >= 15 is 0 Å². The molecule has 0 aliphatic heterocycles. The van der Waals surface area contributed by atoms with Crippen LogP contribution in [0.5, 0.6) is 11.5 Å². The average molecular weight is 307 g/mol. The molecule has 21 heavy (non-hydrogen) atoms. The Morgan fingerprint density at radius 3 is 2.67 bits per heavy atom. The van der Waals surface area contributed by atoms with Gasteiger partial charge in [0.2, 0.25) is 0 Å². The Kier molecular flexibility index (Phi) is 6.04. The van der Waals surface area contributed by atoms with Crippen molar-refractivity contribution in [2.24, 2.45) is 0 Å². The number of hydrogen-bond donors (Lipinski definition) is 2. The summed E-state index contributed by atoms with van der Waals surface area (Å²) in [6.07, 6.45) is -0.561. The van der Waals surface area contributed by atoms with Crippen molar-refractivity contribution in [2.45, 2.75) is 19.6 Å². The first-order valence-electron chi connectivity index (χ1n) is 6.87. The fraction of sp³-hybridized carbons (Fsp3) is 0.375. The van der Waals surface area contributed by atoms with Gasteiger partial charge in [-0.25, -0.2) is 0 Å². The van der Waals surface area contributed by atoms with E-state index in [1.807, 2.05) is 24.3 Å². The van der Waals surface area contributed by atoms with Crippen LogP contribution in [0, 0.1) is 6.92 Å². The molecule has 5 heteroatoms. The summed E-state index contributed by atoms with van der Waals surface area (Å²) < 4.78 is 10.8. The third-order valence-electron chi connectivity index (χ3n) is 3.16. The first-order chi connectivity index (χ1) is 10.2. The summed E-state index contributed by atoms with van der Waals surface area (Å²) in [5.41, 5.74) is 2.56. The quantitative estimate of drug-likeness (QED) is 0.787. The minimum absolute atomic E-state index is 0.232. The molecule has 0 spiro atoms. The molecule has 0 saturated heterocycles. The van der Waals surface area contributed by atoms with Crippen molar-refractivity contribution in [1.82, 2.24) is 5.32 Å². The third kappa shape index (κ3) is 4.74. The smallest absolute Gasteiger partial charge is 0.161 e. The maximum absolute atomic E-state index is 9.95. The van der Waals surface area contributed by atoms with Crippen LogP contribution in [0.3, 0.4) is 0 Å². The molecule has 2 aromatic rings. The number of aliphatic hydroxyl groups is 1. The molecule has 1 aromatic heterocycles. The number of aryl methyl sites for hydroxylation is 1. The van der Waals surface area contributed by atoms with Crippen LogP contribution in [0.1, 0.15) is 11.1 Å². The summed E-state index contributed by atoms with van der Waals surface area (Å²) in [6, 6.07) is 7.42. The van der Waals surface area contributed by atoms with Gasteiger partial charge in [0.1, 0.15) is 12.7 Å². The zero-order valence-electron chi connectivity index (χ0n) is 12.3. The summed E-state index contributed by atoms with van der Waals surface area (Å²) in [5.74, 6) is 1.32. The summed E-state index contributed by atoms with van der Waals surface area (Å²) in [4.78, 5) is 0. The largest absolute Gasteiger partial charge is 0.493 e. The van der Waals surface area contributed by atoms with E-state index in [0.717, 1.165) is 6.54 Å². The van der Waals surface area contributed by atoms with Gasteiger partial charge in [0.15, 0.2) is 11.5 Å². The van der Waals surface area contributed by atoms with Gasteiger partial charge >= 0.3 is 0 Å². The van der Waals surface area contributed by atoms with Crippen LogP contribution in [-0.4, -0.2) is 31.5 Å². The zero-order valence-corrected chi connectivity index (χ0v) is 13.2. The SMILES string of the molecule is COc1ccccc1OCC(O)CNCc1cscc1C. The lowest BCUT2D eigenvalue weighted by Gasteiger charge is -2.15. The van der Waals surface area contributed by atoms with E-state index in [0.29, 0.717) is 18.0 Å². The van der Waals surface area contributed by atoms with Gasteiger partial charge in [-0.3, -0.25) is 0 Å². The van der Waals surface area contributed by atoms with E-state index < -0.39 is 6.10 Å². The van der Waals surface area contributed by atoms with Crippen LogP contribution < -0.4 is 14.8 Å². The minimum Gasteiger partial charge on any atom is -0.493 e. The average Bonchev–Trinajstić information content (AvgIpc) is 2.91. The number of aliphatic hydroxyl groups excluding tert-OH is 1. The van der Waals surface area contributed by atoms with Crippen LogP contribution in [0.2, 0.25) is 0 Å². The van der Waals surface area contributed by atoms with Crippen molar-refractivity contribution in [1.29, 1.82) is 0 Å². The fourth-order valence-corrected chi connectivity index (χ4v) is 2.78. The fourth-order valence-electron chi connectivity index (χ4n) is 1.92. The summed E-state index contributed by atoms with van der Waals surface area (Å²) in [5, 5.41) is 17.4. The summed E-state index contributed by atoms with van der Waals surface area (Å²) in [6.45, 7) is 3.58. The number of rotatable bonds is 8. The molecule has 0 aliphatic rings. The number of nitrogens with one attached hydrogen (secondary N) is 1. The van der Waals surface area contributed by atoms with Crippen LogP contribution >= 0.6 is 11.3 Å².